The summed E-state index contributed by atoms with van der Waals surface area (Å²) in [6.45, 7) is 14.7. The van der Waals surface area contributed by atoms with E-state index in [9.17, 15) is 4.79 Å². The highest BCUT2D eigenvalue weighted by molar-refractivity contribution is 5.69. The first-order chi connectivity index (χ1) is 25.3. The molecule has 1 aliphatic rings. The molecule has 0 amide bonds. The Bertz CT molecular complexity index is 685. The summed E-state index contributed by atoms with van der Waals surface area (Å²) in [5.74, 6) is -0.153. The van der Waals surface area contributed by atoms with Gasteiger partial charge in [-0.25, -0.2) is 0 Å². The van der Waals surface area contributed by atoms with Crippen LogP contribution >= 0.6 is 0 Å². The molecule has 0 radical (unpaired) electrons. The highest BCUT2D eigenvalue weighted by atomic mass is 16.7. The van der Waals surface area contributed by atoms with E-state index in [0.717, 1.165) is 51.6 Å². The molecule has 1 fully saturated rings. The van der Waals surface area contributed by atoms with Crippen LogP contribution < -0.4 is 0 Å². The Morgan fingerprint density at radius 3 is 1.14 bits per heavy atom. The van der Waals surface area contributed by atoms with Crippen molar-refractivity contribution in [1.82, 2.24) is 0 Å². The van der Waals surface area contributed by atoms with E-state index in [1.165, 1.54) is 0 Å². The average molecular weight is 743 g/mol. The summed E-state index contributed by atoms with van der Waals surface area (Å²) in [6, 6.07) is 0. The molecule has 304 valence electrons. The molecule has 1 rings (SSSR count). The standard InChI is InChI=1S/C36H70O15/c1-2-3-4-5-8-35(37)49-33-31-47-29-27-45-25-23-43-21-19-41-17-15-39-13-11-38-12-14-40-16-18-42-20-22-44-24-26-46-28-30-48-32-34-51-36-9-6-7-10-50-36/h36H,2-34H2,1H3. The summed E-state index contributed by atoms with van der Waals surface area (Å²) in [4.78, 5) is 11.6. The topological polar surface area (TPSA) is 146 Å². The van der Waals surface area contributed by atoms with Crippen LogP contribution in [-0.2, 0) is 71.1 Å². The first-order valence-corrected chi connectivity index (χ1v) is 19.1. The van der Waals surface area contributed by atoms with E-state index in [1.807, 2.05) is 0 Å². The van der Waals surface area contributed by atoms with Crippen LogP contribution in [0.1, 0.15) is 58.3 Å². The lowest BCUT2D eigenvalue weighted by molar-refractivity contribution is -0.169. The van der Waals surface area contributed by atoms with Crippen molar-refractivity contribution >= 4 is 5.97 Å². The molecule has 1 unspecified atom stereocenters. The van der Waals surface area contributed by atoms with Gasteiger partial charge in [-0.2, -0.15) is 0 Å². The molecule has 1 aliphatic heterocycles. The van der Waals surface area contributed by atoms with Crippen molar-refractivity contribution in [3.63, 3.8) is 0 Å². The van der Waals surface area contributed by atoms with E-state index >= 15 is 0 Å². The molecule has 0 bridgehead atoms. The Kier molecular flexibility index (Phi) is 39.2. The van der Waals surface area contributed by atoms with Crippen molar-refractivity contribution in [2.75, 3.05) is 165 Å². The lowest BCUT2D eigenvalue weighted by atomic mass is 10.2. The van der Waals surface area contributed by atoms with Gasteiger partial charge in [0.15, 0.2) is 6.29 Å². The zero-order valence-corrected chi connectivity index (χ0v) is 31.5. The van der Waals surface area contributed by atoms with Gasteiger partial charge < -0.3 is 66.3 Å². The van der Waals surface area contributed by atoms with Gasteiger partial charge in [-0.05, 0) is 25.7 Å². The third kappa shape index (κ3) is 38.5. The van der Waals surface area contributed by atoms with Gasteiger partial charge in [0.2, 0.25) is 0 Å². The van der Waals surface area contributed by atoms with E-state index in [1.54, 1.807) is 0 Å². The van der Waals surface area contributed by atoms with Gasteiger partial charge in [0.25, 0.3) is 0 Å². The summed E-state index contributed by atoms with van der Waals surface area (Å²) in [7, 11) is 0. The van der Waals surface area contributed by atoms with Crippen molar-refractivity contribution in [2.24, 2.45) is 0 Å². The molecule has 0 aromatic rings. The molecule has 1 heterocycles. The zero-order valence-electron chi connectivity index (χ0n) is 31.5. The fourth-order valence-corrected chi connectivity index (χ4v) is 4.37. The minimum absolute atomic E-state index is 0.0692. The van der Waals surface area contributed by atoms with Crippen LogP contribution in [0, 0.1) is 0 Å². The quantitative estimate of drug-likeness (QED) is 0.0666. The Hall–Kier alpha value is -1.05. The summed E-state index contributed by atoms with van der Waals surface area (Å²) >= 11 is 0. The largest absolute Gasteiger partial charge is 0.463 e. The molecule has 0 aliphatic carbocycles. The number of ether oxygens (including phenoxy) is 14. The molecule has 51 heavy (non-hydrogen) atoms. The molecule has 1 atom stereocenters. The molecule has 0 N–H and O–H groups in total. The number of carbonyl (C=O) groups is 1. The first kappa shape index (κ1) is 48.0. The number of rotatable bonds is 42. The highest BCUT2D eigenvalue weighted by Gasteiger charge is 2.13. The molecule has 0 saturated carbocycles. The second-order valence-electron chi connectivity index (χ2n) is 11.4. The first-order valence-electron chi connectivity index (χ1n) is 19.1. The SMILES string of the molecule is CCCCCCC(=O)OCCOCCOCCOCCOCCOCCOCCOCCOCCOCCOCCOCCOC1CCCCO1. The second-order valence-corrected chi connectivity index (χ2v) is 11.4. The zero-order chi connectivity index (χ0) is 36.4. The van der Waals surface area contributed by atoms with Crippen molar-refractivity contribution in [3.05, 3.63) is 0 Å². The summed E-state index contributed by atoms with van der Waals surface area (Å²) in [5.41, 5.74) is 0. The Balaban J connectivity index is 1.61. The third-order valence-corrected chi connectivity index (χ3v) is 7.11. The Labute approximate surface area is 306 Å². The Morgan fingerprint density at radius 2 is 0.804 bits per heavy atom. The normalized spacial score (nSPS) is 14.7. The van der Waals surface area contributed by atoms with E-state index in [0.29, 0.717) is 158 Å². The second kappa shape index (κ2) is 41.7. The summed E-state index contributed by atoms with van der Waals surface area (Å²) in [6.07, 6.45) is 7.93. The number of hydrogen-bond acceptors (Lipinski definition) is 15. The maximum Gasteiger partial charge on any atom is 0.305 e. The monoisotopic (exact) mass is 742 g/mol. The highest BCUT2D eigenvalue weighted by Crippen LogP contribution is 2.13. The van der Waals surface area contributed by atoms with Crippen molar-refractivity contribution < 1.29 is 71.1 Å². The number of hydrogen-bond donors (Lipinski definition) is 0. The average Bonchev–Trinajstić information content (AvgIpc) is 3.15. The fraction of sp³-hybridized carbons (Fsp3) is 0.972. The molecule has 0 aromatic carbocycles. The lowest BCUT2D eigenvalue weighted by Crippen LogP contribution is -2.24. The Morgan fingerprint density at radius 1 is 0.451 bits per heavy atom. The van der Waals surface area contributed by atoms with E-state index in [-0.39, 0.29) is 18.9 Å². The minimum Gasteiger partial charge on any atom is -0.463 e. The smallest absolute Gasteiger partial charge is 0.305 e. The van der Waals surface area contributed by atoms with Gasteiger partial charge >= 0.3 is 5.97 Å². The van der Waals surface area contributed by atoms with E-state index in [2.05, 4.69) is 6.92 Å². The van der Waals surface area contributed by atoms with Crippen LogP contribution in [0.25, 0.3) is 0 Å². The van der Waals surface area contributed by atoms with Crippen LogP contribution in [0.2, 0.25) is 0 Å². The molecule has 15 nitrogen and oxygen atoms in total. The molecular formula is C36H70O15. The van der Waals surface area contributed by atoms with Gasteiger partial charge in [0.05, 0.1) is 152 Å². The van der Waals surface area contributed by atoms with Gasteiger partial charge in [0.1, 0.15) is 6.61 Å². The van der Waals surface area contributed by atoms with Gasteiger partial charge in [-0.1, -0.05) is 26.2 Å². The van der Waals surface area contributed by atoms with Gasteiger partial charge in [-0.3, -0.25) is 4.79 Å². The molecule has 1 saturated heterocycles. The van der Waals surface area contributed by atoms with Crippen molar-refractivity contribution in [1.29, 1.82) is 0 Å². The van der Waals surface area contributed by atoms with Crippen LogP contribution in [0.5, 0.6) is 0 Å². The number of esters is 1. The summed E-state index contributed by atoms with van der Waals surface area (Å²) in [5, 5.41) is 0. The summed E-state index contributed by atoms with van der Waals surface area (Å²) < 4.78 is 76.5. The minimum atomic E-state index is -0.153. The number of carbonyl (C=O) groups excluding carboxylic acids is 1. The van der Waals surface area contributed by atoms with Crippen LogP contribution in [0.15, 0.2) is 0 Å². The predicted molar refractivity (Wildman–Crippen MR) is 188 cm³/mol. The molecular weight excluding hydrogens is 672 g/mol. The van der Waals surface area contributed by atoms with E-state index < -0.39 is 0 Å². The maximum absolute atomic E-state index is 11.6. The van der Waals surface area contributed by atoms with Gasteiger partial charge in [0, 0.05) is 13.0 Å². The maximum atomic E-state index is 11.6. The van der Waals surface area contributed by atoms with Crippen LogP contribution in [-0.4, -0.2) is 177 Å². The molecule has 0 aromatic heterocycles. The van der Waals surface area contributed by atoms with E-state index in [4.69, 9.17) is 66.3 Å². The third-order valence-electron chi connectivity index (χ3n) is 7.11. The van der Waals surface area contributed by atoms with Crippen molar-refractivity contribution in [3.8, 4) is 0 Å². The van der Waals surface area contributed by atoms with Crippen molar-refractivity contribution in [2.45, 2.75) is 64.6 Å². The predicted octanol–water partition coefficient (Wildman–Crippen LogP) is 3.23. The molecule has 15 heteroatoms. The number of unbranched alkanes of at least 4 members (excludes halogenated alkanes) is 3. The fourth-order valence-electron chi connectivity index (χ4n) is 4.37. The van der Waals surface area contributed by atoms with Gasteiger partial charge in [-0.15, -0.1) is 0 Å². The van der Waals surface area contributed by atoms with Crippen LogP contribution in [0.3, 0.4) is 0 Å². The van der Waals surface area contributed by atoms with Crippen LogP contribution in [0.4, 0.5) is 0 Å². The lowest BCUT2D eigenvalue weighted by Gasteiger charge is -2.22. The molecule has 0 spiro atoms.